The van der Waals surface area contributed by atoms with Crippen LogP contribution >= 0.6 is 27.7 Å². The van der Waals surface area contributed by atoms with Crippen molar-refractivity contribution in [2.45, 2.75) is 19.4 Å². The van der Waals surface area contributed by atoms with E-state index in [-0.39, 0.29) is 17.8 Å². The maximum atomic E-state index is 12.0. The molecule has 0 bridgehead atoms. The number of halogens is 1. The third-order valence-electron chi connectivity index (χ3n) is 2.33. The molecule has 1 aromatic rings. The number of hydrogen-bond donors (Lipinski definition) is 2. The van der Waals surface area contributed by atoms with E-state index in [4.69, 9.17) is 5.73 Å². The smallest absolute Gasteiger partial charge is 0.255 e. The summed E-state index contributed by atoms with van der Waals surface area (Å²) in [6.07, 6.45) is 4.49. The molecule has 0 aliphatic heterocycles. The third-order valence-corrected chi connectivity index (χ3v) is 3.50. The molecule has 1 heterocycles. The van der Waals surface area contributed by atoms with Crippen LogP contribution < -0.4 is 11.1 Å². The highest BCUT2D eigenvalue weighted by molar-refractivity contribution is 9.10. The third kappa shape index (κ3) is 4.20. The van der Waals surface area contributed by atoms with Crippen LogP contribution in [0.3, 0.4) is 0 Å². The molecule has 0 spiro atoms. The van der Waals surface area contributed by atoms with Crippen LogP contribution in [-0.2, 0) is 0 Å². The number of carbonyl (C=O) groups excluding carboxylic acids is 1. The van der Waals surface area contributed by atoms with Gasteiger partial charge in [0.15, 0.2) is 0 Å². The van der Waals surface area contributed by atoms with Crippen LogP contribution in [0.25, 0.3) is 0 Å². The molecule has 1 atom stereocenters. The van der Waals surface area contributed by atoms with Crippen LogP contribution in [-0.4, -0.2) is 28.9 Å². The van der Waals surface area contributed by atoms with Gasteiger partial charge in [-0.05, 0) is 34.7 Å². The first-order valence-corrected chi connectivity index (χ1v) is 7.48. The summed E-state index contributed by atoms with van der Waals surface area (Å²) in [5.74, 6) is 0.978. The lowest BCUT2D eigenvalue weighted by atomic mass is 10.2. The second kappa shape index (κ2) is 6.86. The highest BCUT2D eigenvalue weighted by Crippen LogP contribution is 2.15. The molecule has 4 nitrogen and oxygen atoms in total. The van der Waals surface area contributed by atoms with Crippen molar-refractivity contribution in [1.82, 2.24) is 10.3 Å². The van der Waals surface area contributed by atoms with Gasteiger partial charge in [0, 0.05) is 22.5 Å². The fourth-order valence-corrected chi connectivity index (χ4v) is 2.41. The van der Waals surface area contributed by atoms with E-state index < -0.39 is 0 Å². The zero-order valence-corrected chi connectivity index (χ0v) is 12.3. The molecule has 0 fully saturated rings. The summed E-state index contributed by atoms with van der Waals surface area (Å²) in [6.45, 7) is 2.05. The van der Waals surface area contributed by atoms with Crippen molar-refractivity contribution in [2.24, 2.45) is 0 Å². The molecule has 0 radical (unpaired) electrons. The van der Waals surface area contributed by atoms with E-state index in [1.165, 1.54) is 0 Å². The number of nitrogen functional groups attached to an aromatic ring is 1. The molecule has 94 valence electrons. The van der Waals surface area contributed by atoms with E-state index in [9.17, 15) is 4.79 Å². The molecule has 0 saturated heterocycles. The van der Waals surface area contributed by atoms with E-state index in [2.05, 4.69) is 26.2 Å². The molecule has 6 heteroatoms. The monoisotopic (exact) mass is 317 g/mol. The van der Waals surface area contributed by atoms with Gasteiger partial charge in [-0.15, -0.1) is 0 Å². The molecule has 0 saturated carbocycles. The normalized spacial score (nSPS) is 12.2. The Labute approximate surface area is 114 Å². The summed E-state index contributed by atoms with van der Waals surface area (Å²) in [7, 11) is 0. The predicted molar refractivity (Wildman–Crippen MR) is 76.3 cm³/mol. The van der Waals surface area contributed by atoms with Gasteiger partial charge in [0.05, 0.1) is 5.56 Å². The Morgan fingerprint density at radius 3 is 3.00 bits per heavy atom. The van der Waals surface area contributed by atoms with Crippen LogP contribution in [0.2, 0.25) is 0 Å². The summed E-state index contributed by atoms with van der Waals surface area (Å²) in [5, 5.41) is 2.95. The van der Waals surface area contributed by atoms with E-state index in [1.54, 1.807) is 24.0 Å². The second-order valence-electron chi connectivity index (χ2n) is 3.62. The topological polar surface area (TPSA) is 68.0 Å². The van der Waals surface area contributed by atoms with E-state index in [1.807, 2.05) is 13.2 Å². The fraction of sp³-hybridized carbons (Fsp3) is 0.455. The first-order chi connectivity index (χ1) is 8.08. The number of amides is 1. The zero-order valence-electron chi connectivity index (χ0n) is 9.87. The predicted octanol–water partition coefficient (Wildman–Crippen LogP) is 2.30. The molecule has 0 aromatic carbocycles. The molecule has 1 amide bonds. The number of nitrogens with one attached hydrogen (secondary N) is 1. The highest BCUT2D eigenvalue weighted by atomic mass is 79.9. The van der Waals surface area contributed by atoms with Crippen molar-refractivity contribution in [3.63, 3.8) is 0 Å². The van der Waals surface area contributed by atoms with Gasteiger partial charge in [0.25, 0.3) is 5.91 Å². The van der Waals surface area contributed by atoms with Gasteiger partial charge < -0.3 is 11.1 Å². The lowest BCUT2D eigenvalue weighted by Gasteiger charge is -2.16. The molecular weight excluding hydrogens is 302 g/mol. The lowest BCUT2D eigenvalue weighted by molar-refractivity contribution is 0.0940. The van der Waals surface area contributed by atoms with E-state index in [0.717, 1.165) is 16.6 Å². The van der Waals surface area contributed by atoms with Gasteiger partial charge in [-0.25, -0.2) is 4.98 Å². The second-order valence-corrected chi connectivity index (χ2v) is 5.45. The Bertz CT molecular complexity index is 400. The van der Waals surface area contributed by atoms with E-state index in [0.29, 0.717) is 5.56 Å². The Morgan fingerprint density at radius 2 is 2.41 bits per heavy atom. The average molecular weight is 318 g/mol. The van der Waals surface area contributed by atoms with Gasteiger partial charge in [-0.1, -0.05) is 6.92 Å². The van der Waals surface area contributed by atoms with Gasteiger partial charge in [-0.3, -0.25) is 4.79 Å². The number of anilines is 1. The van der Waals surface area contributed by atoms with Gasteiger partial charge in [0.1, 0.15) is 5.82 Å². The molecule has 0 aliphatic rings. The van der Waals surface area contributed by atoms with Gasteiger partial charge in [-0.2, -0.15) is 11.8 Å². The number of rotatable bonds is 5. The summed E-state index contributed by atoms with van der Waals surface area (Å²) in [6, 6.07) is 1.85. The number of hydrogen-bond acceptors (Lipinski definition) is 4. The van der Waals surface area contributed by atoms with Crippen LogP contribution in [0.5, 0.6) is 0 Å². The Kier molecular flexibility index (Phi) is 5.77. The minimum absolute atomic E-state index is 0.163. The fourth-order valence-electron chi connectivity index (χ4n) is 1.36. The van der Waals surface area contributed by atoms with Crippen molar-refractivity contribution in [2.75, 3.05) is 17.7 Å². The summed E-state index contributed by atoms with van der Waals surface area (Å²) >= 11 is 4.98. The van der Waals surface area contributed by atoms with Crippen molar-refractivity contribution in [3.05, 3.63) is 22.3 Å². The number of thioether (sulfide) groups is 1. The average Bonchev–Trinajstić information content (AvgIpc) is 2.31. The SMILES string of the molecule is CCC(CSC)NC(=O)c1cc(Br)cnc1N. The molecule has 3 N–H and O–H groups in total. The summed E-state index contributed by atoms with van der Waals surface area (Å²) < 4.78 is 0.745. The number of nitrogens with two attached hydrogens (primary N) is 1. The number of aromatic nitrogens is 1. The first-order valence-electron chi connectivity index (χ1n) is 5.29. The van der Waals surface area contributed by atoms with Gasteiger partial charge in [0.2, 0.25) is 0 Å². The molecule has 0 aliphatic carbocycles. The van der Waals surface area contributed by atoms with Crippen LogP contribution in [0.4, 0.5) is 5.82 Å². The summed E-state index contributed by atoms with van der Waals surface area (Å²) in [5.41, 5.74) is 6.10. The van der Waals surface area contributed by atoms with Gasteiger partial charge >= 0.3 is 0 Å². The number of carbonyl (C=O) groups is 1. The molecule has 17 heavy (non-hydrogen) atoms. The standard InChI is InChI=1S/C11H16BrN3OS/c1-3-8(6-17-2)15-11(16)9-4-7(12)5-14-10(9)13/h4-5,8H,3,6H2,1-2H3,(H2,13,14)(H,15,16). The van der Waals surface area contributed by atoms with Crippen LogP contribution in [0.15, 0.2) is 16.7 Å². The minimum Gasteiger partial charge on any atom is -0.383 e. The lowest BCUT2D eigenvalue weighted by Crippen LogP contribution is -2.36. The van der Waals surface area contributed by atoms with Crippen molar-refractivity contribution in [3.8, 4) is 0 Å². The van der Waals surface area contributed by atoms with Crippen molar-refractivity contribution >= 4 is 39.4 Å². The Hall–Kier alpha value is -0.750. The number of pyridine rings is 1. The Balaban J connectivity index is 2.78. The van der Waals surface area contributed by atoms with Crippen LogP contribution in [0, 0.1) is 0 Å². The Morgan fingerprint density at radius 1 is 1.71 bits per heavy atom. The van der Waals surface area contributed by atoms with E-state index >= 15 is 0 Å². The minimum atomic E-state index is -0.169. The zero-order chi connectivity index (χ0) is 12.8. The maximum Gasteiger partial charge on any atom is 0.255 e. The maximum absolute atomic E-state index is 12.0. The number of nitrogens with zero attached hydrogens (tertiary/aromatic N) is 1. The van der Waals surface area contributed by atoms with Crippen molar-refractivity contribution in [1.29, 1.82) is 0 Å². The first kappa shape index (κ1) is 14.3. The largest absolute Gasteiger partial charge is 0.383 e. The summed E-state index contributed by atoms with van der Waals surface area (Å²) in [4.78, 5) is 15.9. The quantitative estimate of drug-likeness (QED) is 0.874. The van der Waals surface area contributed by atoms with Crippen LogP contribution in [0.1, 0.15) is 23.7 Å². The molecule has 1 rings (SSSR count). The molecule has 1 aromatic heterocycles. The highest BCUT2D eigenvalue weighted by Gasteiger charge is 2.15. The molecule has 1 unspecified atom stereocenters. The van der Waals surface area contributed by atoms with Crippen molar-refractivity contribution < 1.29 is 4.79 Å². The molecular formula is C11H16BrN3OS.